The number of benzene rings is 1. The highest BCUT2D eigenvalue weighted by atomic mass is 19.4. The number of alkyl halides is 3. The number of nitrogens with zero attached hydrogens (tertiary/aromatic N) is 2. The van der Waals surface area contributed by atoms with Crippen LogP contribution in [0, 0.1) is 5.92 Å². The molecular weight excluding hydrogens is 375 g/mol. The second-order valence-electron chi connectivity index (χ2n) is 6.41. The van der Waals surface area contributed by atoms with Gasteiger partial charge < -0.3 is 15.0 Å². The van der Waals surface area contributed by atoms with Crippen molar-refractivity contribution in [3.05, 3.63) is 59.9 Å². The van der Waals surface area contributed by atoms with Gasteiger partial charge in [0, 0.05) is 25.7 Å². The van der Waals surface area contributed by atoms with Gasteiger partial charge in [0.25, 0.3) is 0 Å². The second kappa shape index (κ2) is 8.28. The molecule has 1 aromatic heterocycles. The molecule has 1 aliphatic rings. The van der Waals surface area contributed by atoms with E-state index in [1.165, 1.54) is 29.2 Å². The van der Waals surface area contributed by atoms with Crippen LogP contribution in [0.3, 0.4) is 0 Å². The third-order valence-electron chi connectivity index (χ3n) is 4.29. The molecular formula is C19H18F3N3O3. The first-order valence-corrected chi connectivity index (χ1v) is 8.60. The number of pyridine rings is 1. The third-order valence-corrected chi connectivity index (χ3v) is 4.29. The Morgan fingerprint density at radius 1 is 1.21 bits per heavy atom. The molecule has 148 valence electrons. The largest absolute Gasteiger partial charge is 0.573 e. The molecule has 9 heteroatoms. The fourth-order valence-electron chi connectivity index (χ4n) is 2.94. The summed E-state index contributed by atoms with van der Waals surface area (Å²) in [5.74, 6) is -1.19. The van der Waals surface area contributed by atoms with Gasteiger partial charge in [0.2, 0.25) is 11.8 Å². The molecule has 0 saturated carbocycles. The Balaban J connectivity index is 1.52. The maximum absolute atomic E-state index is 12.3. The lowest BCUT2D eigenvalue weighted by molar-refractivity contribution is -0.274. The number of carbonyl (C=O) groups is 2. The Morgan fingerprint density at radius 2 is 1.96 bits per heavy atom. The van der Waals surface area contributed by atoms with Crippen LogP contribution in [0.15, 0.2) is 48.7 Å². The van der Waals surface area contributed by atoms with Gasteiger partial charge in [-0.3, -0.25) is 14.6 Å². The van der Waals surface area contributed by atoms with Crippen LogP contribution in [0.1, 0.15) is 17.7 Å². The minimum absolute atomic E-state index is 0.101. The molecule has 2 amide bonds. The molecule has 1 unspecified atom stereocenters. The zero-order valence-corrected chi connectivity index (χ0v) is 14.8. The van der Waals surface area contributed by atoms with Crippen LogP contribution in [-0.4, -0.2) is 34.6 Å². The first-order valence-electron chi connectivity index (χ1n) is 8.60. The minimum Gasteiger partial charge on any atom is -0.406 e. The molecule has 1 aliphatic heterocycles. The van der Waals surface area contributed by atoms with Crippen molar-refractivity contribution in [3.63, 3.8) is 0 Å². The monoisotopic (exact) mass is 393 g/mol. The van der Waals surface area contributed by atoms with Gasteiger partial charge >= 0.3 is 6.36 Å². The average molecular weight is 393 g/mol. The molecule has 1 N–H and O–H groups in total. The van der Waals surface area contributed by atoms with E-state index in [0.29, 0.717) is 5.56 Å². The molecule has 0 spiro atoms. The number of carbonyl (C=O) groups excluding carboxylic acids is 2. The highest BCUT2D eigenvalue weighted by Crippen LogP contribution is 2.24. The predicted molar refractivity (Wildman–Crippen MR) is 92.7 cm³/mol. The summed E-state index contributed by atoms with van der Waals surface area (Å²) in [5, 5.41) is 2.77. The van der Waals surface area contributed by atoms with Crippen LogP contribution in [0.5, 0.6) is 5.75 Å². The van der Waals surface area contributed by atoms with Gasteiger partial charge in [0.05, 0.1) is 18.2 Å². The molecule has 2 aromatic rings. The minimum atomic E-state index is -4.75. The number of hydrogen-bond acceptors (Lipinski definition) is 4. The number of nitrogens with one attached hydrogen (secondary N) is 1. The molecule has 3 rings (SSSR count). The van der Waals surface area contributed by atoms with Crippen molar-refractivity contribution in [2.24, 2.45) is 5.92 Å². The predicted octanol–water partition coefficient (Wildman–Crippen LogP) is 2.65. The summed E-state index contributed by atoms with van der Waals surface area (Å²) in [7, 11) is 0. The molecule has 1 aromatic carbocycles. The Kier molecular flexibility index (Phi) is 5.81. The van der Waals surface area contributed by atoms with Gasteiger partial charge in [-0.05, 0) is 29.8 Å². The lowest BCUT2D eigenvalue weighted by Gasteiger charge is -2.17. The third kappa shape index (κ3) is 5.45. The fourth-order valence-corrected chi connectivity index (χ4v) is 2.94. The summed E-state index contributed by atoms with van der Waals surface area (Å²) in [4.78, 5) is 30.1. The van der Waals surface area contributed by atoms with E-state index in [-0.39, 0.29) is 43.6 Å². The summed E-state index contributed by atoms with van der Waals surface area (Å²) in [6.45, 7) is 0.758. The van der Waals surface area contributed by atoms with Gasteiger partial charge in [-0.2, -0.15) is 0 Å². The highest BCUT2D eigenvalue weighted by molar-refractivity contribution is 5.89. The lowest BCUT2D eigenvalue weighted by Crippen LogP contribution is -2.32. The van der Waals surface area contributed by atoms with Gasteiger partial charge in [-0.15, -0.1) is 13.2 Å². The Labute approximate surface area is 159 Å². The van der Waals surface area contributed by atoms with Crippen molar-refractivity contribution in [2.75, 3.05) is 6.54 Å². The Hall–Kier alpha value is -3.10. The van der Waals surface area contributed by atoms with Gasteiger partial charge in [-0.1, -0.05) is 18.2 Å². The normalized spacial score (nSPS) is 16.9. The van der Waals surface area contributed by atoms with E-state index in [4.69, 9.17) is 0 Å². The van der Waals surface area contributed by atoms with Crippen LogP contribution in [0.2, 0.25) is 0 Å². The molecule has 0 bridgehead atoms. The molecule has 28 heavy (non-hydrogen) atoms. The average Bonchev–Trinajstić information content (AvgIpc) is 3.02. The second-order valence-corrected chi connectivity index (χ2v) is 6.41. The summed E-state index contributed by atoms with van der Waals surface area (Å²) >= 11 is 0. The molecule has 1 fully saturated rings. The molecule has 0 radical (unpaired) electrons. The Bertz CT molecular complexity index is 826. The van der Waals surface area contributed by atoms with Crippen molar-refractivity contribution >= 4 is 11.8 Å². The molecule has 2 heterocycles. The Morgan fingerprint density at radius 3 is 2.61 bits per heavy atom. The SMILES string of the molecule is O=C(NCc1ccccn1)C1CC(=O)N(Cc2ccc(OC(F)(F)F)cc2)C1. The van der Waals surface area contributed by atoms with E-state index in [1.807, 2.05) is 6.07 Å². The lowest BCUT2D eigenvalue weighted by atomic mass is 10.1. The quantitative estimate of drug-likeness (QED) is 0.819. The van der Waals surface area contributed by atoms with Crippen molar-refractivity contribution < 1.29 is 27.5 Å². The van der Waals surface area contributed by atoms with Crippen molar-refractivity contribution in [3.8, 4) is 5.75 Å². The number of ether oxygens (including phenoxy) is 1. The van der Waals surface area contributed by atoms with E-state index >= 15 is 0 Å². The van der Waals surface area contributed by atoms with Crippen LogP contribution < -0.4 is 10.1 Å². The van der Waals surface area contributed by atoms with Gasteiger partial charge in [0.1, 0.15) is 5.75 Å². The number of hydrogen-bond donors (Lipinski definition) is 1. The highest BCUT2D eigenvalue weighted by Gasteiger charge is 2.34. The number of amides is 2. The van der Waals surface area contributed by atoms with E-state index in [0.717, 1.165) is 5.69 Å². The van der Waals surface area contributed by atoms with E-state index in [2.05, 4.69) is 15.0 Å². The summed E-state index contributed by atoms with van der Waals surface area (Å²) in [6.07, 6.45) is -3.01. The van der Waals surface area contributed by atoms with E-state index < -0.39 is 12.3 Å². The maximum atomic E-state index is 12.3. The number of likely N-dealkylation sites (tertiary alicyclic amines) is 1. The summed E-state index contributed by atoms with van der Waals surface area (Å²) in [5.41, 5.74) is 1.37. The van der Waals surface area contributed by atoms with Crippen LogP contribution in [0.4, 0.5) is 13.2 Å². The van der Waals surface area contributed by atoms with Gasteiger partial charge in [-0.25, -0.2) is 0 Å². The summed E-state index contributed by atoms with van der Waals surface area (Å²) < 4.78 is 40.4. The molecule has 6 nitrogen and oxygen atoms in total. The van der Waals surface area contributed by atoms with Crippen LogP contribution >= 0.6 is 0 Å². The summed E-state index contributed by atoms with van der Waals surface area (Å²) in [6, 6.07) is 10.7. The fraction of sp³-hybridized carbons (Fsp3) is 0.316. The topological polar surface area (TPSA) is 71.5 Å². The van der Waals surface area contributed by atoms with E-state index in [9.17, 15) is 22.8 Å². The molecule has 1 saturated heterocycles. The molecule has 0 aliphatic carbocycles. The number of aromatic nitrogens is 1. The maximum Gasteiger partial charge on any atom is 0.573 e. The van der Waals surface area contributed by atoms with Crippen molar-refractivity contribution in [2.45, 2.75) is 25.9 Å². The zero-order chi connectivity index (χ0) is 20.1. The van der Waals surface area contributed by atoms with Crippen LogP contribution in [0.25, 0.3) is 0 Å². The van der Waals surface area contributed by atoms with Crippen LogP contribution in [-0.2, 0) is 22.7 Å². The number of rotatable bonds is 6. The standard InChI is InChI=1S/C19H18F3N3O3/c20-19(21,22)28-16-6-4-13(5-7-16)11-25-12-14(9-17(25)26)18(27)24-10-15-3-1-2-8-23-15/h1-8,14H,9-12H2,(H,24,27). The first-order chi connectivity index (χ1) is 13.3. The first kappa shape index (κ1) is 19.7. The zero-order valence-electron chi connectivity index (χ0n) is 14.8. The molecule has 1 atom stereocenters. The smallest absolute Gasteiger partial charge is 0.406 e. The van der Waals surface area contributed by atoms with E-state index in [1.54, 1.807) is 18.3 Å². The van der Waals surface area contributed by atoms with Crippen molar-refractivity contribution in [1.82, 2.24) is 15.2 Å². The van der Waals surface area contributed by atoms with Gasteiger partial charge in [0.15, 0.2) is 0 Å². The van der Waals surface area contributed by atoms with Crippen molar-refractivity contribution in [1.29, 1.82) is 0 Å². The number of halogens is 3.